The largest absolute Gasteiger partial charge is 0.480 e. The molecule has 1 aromatic rings. The predicted octanol–water partition coefficient (Wildman–Crippen LogP) is 0.504. The van der Waals surface area contributed by atoms with Crippen LogP contribution in [0.1, 0.15) is 23.2 Å². The van der Waals surface area contributed by atoms with E-state index in [0.29, 0.717) is 16.2 Å². The third kappa shape index (κ3) is 8.73. The summed E-state index contributed by atoms with van der Waals surface area (Å²) in [6.45, 7) is -0.936. The maximum atomic E-state index is 12.5. The number of carbonyl (C=O) groups is 5. The summed E-state index contributed by atoms with van der Waals surface area (Å²) in [7, 11) is 0. The lowest BCUT2D eigenvalue weighted by molar-refractivity contribution is -0.153. The van der Waals surface area contributed by atoms with Crippen molar-refractivity contribution in [1.82, 2.24) is 4.90 Å². The van der Waals surface area contributed by atoms with Gasteiger partial charge in [0.05, 0.1) is 11.8 Å². The monoisotopic (exact) mass is 466 g/mol. The topological polar surface area (TPSA) is 230 Å². The van der Waals surface area contributed by atoms with E-state index < -0.39 is 48.8 Å². The maximum Gasteiger partial charge on any atom is 0.323 e. The minimum atomic E-state index is -1.45. The molecule has 1 aromatic carbocycles. The summed E-state index contributed by atoms with van der Waals surface area (Å²) >= 11 is 1.02. The van der Waals surface area contributed by atoms with Crippen LogP contribution >= 0.6 is 11.8 Å². The lowest BCUT2D eigenvalue weighted by atomic mass is 10.1. The van der Waals surface area contributed by atoms with E-state index in [-0.39, 0.29) is 23.7 Å². The Bertz CT molecular complexity index is 917. The molecule has 32 heavy (non-hydrogen) atoms. The van der Waals surface area contributed by atoms with Crippen molar-refractivity contribution in [2.24, 2.45) is 16.6 Å². The number of imide groups is 1. The third-order valence-electron chi connectivity index (χ3n) is 4.04. The quantitative estimate of drug-likeness (QED) is 0.136. The number of azide groups is 1. The molecule has 0 aliphatic carbocycles. The second-order valence-electron chi connectivity index (χ2n) is 6.48. The second-order valence-corrected chi connectivity index (χ2v) is 7.51. The molecule has 1 rings (SSSR count). The number of carboxylic acid groups (broad SMARTS) is 2. The predicted molar refractivity (Wildman–Crippen MR) is 114 cm³/mol. The number of benzene rings is 1. The van der Waals surface area contributed by atoms with Crippen LogP contribution < -0.4 is 11.5 Å². The van der Waals surface area contributed by atoms with Gasteiger partial charge in [-0.3, -0.25) is 28.9 Å². The van der Waals surface area contributed by atoms with E-state index in [0.717, 1.165) is 11.8 Å². The first kappa shape index (κ1) is 26.6. The van der Waals surface area contributed by atoms with Gasteiger partial charge >= 0.3 is 11.9 Å². The number of nitrogens with zero attached hydrogens (tertiary/aromatic N) is 4. The number of hydrogen-bond acceptors (Lipinski definition) is 9. The van der Waals surface area contributed by atoms with Crippen LogP contribution in [0.5, 0.6) is 0 Å². The molecule has 0 saturated heterocycles. The Morgan fingerprint density at radius 1 is 1.09 bits per heavy atom. The third-order valence-corrected chi connectivity index (χ3v) is 5.11. The van der Waals surface area contributed by atoms with Crippen molar-refractivity contribution in [3.8, 4) is 0 Å². The zero-order chi connectivity index (χ0) is 24.3. The van der Waals surface area contributed by atoms with Gasteiger partial charge in [0.25, 0.3) is 0 Å². The van der Waals surface area contributed by atoms with Gasteiger partial charge in [-0.2, -0.15) is 11.8 Å². The SMILES string of the molecule is [N-]=[N+]=Nc1ccc(C(=O)CSC[C@H](N)C(=O)N(CC(=O)O)C(=O)CC[C@H](N)C(=O)O)cc1. The van der Waals surface area contributed by atoms with E-state index >= 15 is 0 Å². The molecular formula is C18H22N6O7S. The highest BCUT2D eigenvalue weighted by Crippen LogP contribution is 2.15. The number of aliphatic carboxylic acids is 2. The molecule has 13 nitrogen and oxygen atoms in total. The fraction of sp³-hybridized carbons (Fsp3) is 0.389. The number of nitrogens with two attached hydrogens (primary N) is 2. The number of thioether (sulfide) groups is 1. The van der Waals surface area contributed by atoms with E-state index in [1.807, 2.05) is 0 Å². The minimum absolute atomic E-state index is 0.0395. The highest BCUT2D eigenvalue weighted by atomic mass is 32.2. The molecule has 0 aromatic heterocycles. The average molecular weight is 466 g/mol. The Morgan fingerprint density at radius 3 is 2.25 bits per heavy atom. The molecular weight excluding hydrogens is 444 g/mol. The number of ketones is 1. The Morgan fingerprint density at radius 2 is 1.72 bits per heavy atom. The summed E-state index contributed by atoms with van der Waals surface area (Å²) < 4.78 is 0. The van der Waals surface area contributed by atoms with Crippen LogP contribution in [0.3, 0.4) is 0 Å². The van der Waals surface area contributed by atoms with Crippen molar-refractivity contribution in [3.05, 3.63) is 40.3 Å². The maximum absolute atomic E-state index is 12.5. The van der Waals surface area contributed by atoms with E-state index in [4.69, 9.17) is 27.2 Å². The van der Waals surface area contributed by atoms with Crippen LogP contribution in [0.15, 0.2) is 29.4 Å². The molecule has 0 unspecified atom stereocenters. The van der Waals surface area contributed by atoms with Crippen LogP contribution in [0.2, 0.25) is 0 Å². The molecule has 2 amide bonds. The molecule has 6 N–H and O–H groups in total. The molecule has 0 radical (unpaired) electrons. The summed E-state index contributed by atoms with van der Waals surface area (Å²) in [6, 6.07) is 3.30. The molecule has 0 aliphatic rings. The standard InChI is InChI=1S/C18H22N6O7S/c19-12(18(30)31)5-6-15(26)24(7-16(27)28)17(29)13(20)8-32-9-14(25)10-1-3-11(4-2-10)22-23-21/h1-4,12-13H,5-9,19-20H2,(H,27,28)(H,30,31)/t12-,13-/m0/s1. The molecule has 172 valence electrons. The van der Waals surface area contributed by atoms with Gasteiger partial charge in [0.2, 0.25) is 11.8 Å². The van der Waals surface area contributed by atoms with Gasteiger partial charge in [0.15, 0.2) is 5.78 Å². The van der Waals surface area contributed by atoms with Gasteiger partial charge in [0.1, 0.15) is 12.6 Å². The Balaban J connectivity index is 2.65. The first-order valence-electron chi connectivity index (χ1n) is 9.12. The average Bonchev–Trinajstić information content (AvgIpc) is 2.75. The van der Waals surface area contributed by atoms with Crippen molar-refractivity contribution in [3.63, 3.8) is 0 Å². The highest BCUT2D eigenvalue weighted by Gasteiger charge is 2.29. The lowest BCUT2D eigenvalue weighted by Crippen LogP contribution is -2.50. The smallest absolute Gasteiger partial charge is 0.323 e. The van der Waals surface area contributed by atoms with Crippen molar-refractivity contribution >= 4 is 47.0 Å². The van der Waals surface area contributed by atoms with Crippen molar-refractivity contribution in [1.29, 1.82) is 0 Å². The minimum Gasteiger partial charge on any atom is -0.480 e. The second kappa shape index (κ2) is 13.1. The fourth-order valence-corrected chi connectivity index (χ4v) is 3.23. The summed E-state index contributed by atoms with van der Waals surface area (Å²) in [5.74, 6) is -5.04. The molecule has 0 heterocycles. The normalized spacial score (nSPS) is 12.2. The van der Waals surface area contributed by atoms with Gasteiger partial charge in [-0.05, 0) is 12.0 Å². The van der Waals surface area contributed by atoms with Crippen molar-refractivity contribution < 1.29 is 34.2 Å². The fourth-order valence-electron chi connectivity index (χ4n) is 2.36. The molecule has 0 aliphatic heterocycles. The van der Waals surface area contributed by atoms with Crippen molar-refractivity contribution in [2.75, 3.05) is 18.1 Å². The molecule has 2 atom stereocenters. The first-order chi connectivity index (χ1) is 15.1. The number of Topliss-reactive ketones (excluding diaryl/α,β-unsaturated/α-hetero) is 1. The van der Waals surface area contributed by atoms with Crippen LogP contribution in [-0.4, -0.2) is 74.8 Å². The Kier molecular flexibility index (Phi) is 10.9. The number of rotatable bonds is 13. The van der Waals surface area contributed by atoms with Crippen LogP contribution in [0.4, 0.5) is 5.69 Å². The number of hydrogen-bond donors (Lipinski definition) is 4. The van der Waals surface area contributed by atoms with E-state index in [9.17, 15) is 24.0 Å². The number of carboxylic acids is 2. The summed E-state index contributed by atoms with van der Waals surface area (Å²) in [6.07, 6.45) is -0.731. The van der Waals surface area contributed by atoms with Gasteiger partial charge in [0, 0.05) is 28.3 Å². The van der Waals surface area contributed by atoms with E-state index in [2.05, 4.69) is 10.0 Å². The van der Waals surface area contributed by atoms with Crippen LogP contribution in [0, 0.1) is 0 Å². The molecule has 0 bridgehead atoms. The number of amides is 2. The number of carbonyl (C=O) groups excluding carboxylic acids is 3. The Labute approximate surface area is 186 Å². The van der Waals surface area contributed by atoms with Gasteiger partial charge in [-0.15, -0.1) is 0 Å². The van der Waals surface area contributed by atoms with Gasteiger partial charge in [-0.25, -0.2) is 0 Å². The van der Waals surface area contributed by atoms with Crippen LogP contribution in [-0.2, 0) is 19.2 Å². The zero-order valence-electron chi connectivity index (χ0n) is 16.8. The summed E-state index contributed by atoms with van der Waals surface area (Å²) in [5.41, 5.74) is 20.2. The van der Waals surface area contributed by atoms with E-state index in [1.165, 1.54) is 24.3 Å². The summed E-state index contributed by atoms with van der Waals surface area (Å²) in [5, 5.41) is 21.1. The van der Waals surface area contributed by atoms with Crippen molar-refractivity contribution in [2.45, 2.75) is 24.9 Å². The lowest BCUT2D eigenvalue weighted by Gasteiger charge is -2.22. The molecule has 0 fully saturated rings. The summed E-state index contributed by atoms with van der Waals surface area (Å²) in [4.78, 5) is 61.8. The van der Waals surface area contributed by atoms with Gasteiger partial charge < -0.3 is 21.7 Å². The zero-order valence-corrected chi connectivity index (χ0v) is 17.6. The van der Waals surface area contributed by atoms with E-state index in [1.54, 1.807) is 0 Å². The highest BCUT2D eigenvalue weighted by molar-refractivity contribution is 8.00. The molecule has 0 spiro atoms. The Hall–Kier alpha value is -3.45. The first-order valence-corrected chi connectivity index (χ1v) is 10.3. The van der Waals surface area contributed by atoms with Gasteiger partial charge in [-0.1, -0.05) is 29.4 Å². The molecule has 14 heteroatoms. The molecule has 0 saturated carbocycles. The van der Waals surface area contributed by atoms with Crippen LogP contribution in [0.25, 0.3) is 10.4 Å².